The van der Waals surface area contributed by atoms with E-state index in [0.717, 1.165) is 7.11 Å². The Kier molecular flexibility index (Phi) is 10.1. The zero-order chi connectivity index (χ0) is 29.8. The van der Waals surface area contributed by atoms with Crippen molar-refractivity contribution in [2.45, 2.75) is 36.5 Å². The summed E-state index contributed by atoms with van der Waals surface area (Å²) in [6, 6.07) is 0.335. The minimum absolute atomic E-state index is 0.0102. The molecule has 39 heavy (non-hydrogen) atoms. The van der Waals surface area contributed by atoms with Crippen molar-refractivity contribution in [3.63, 3.8) is 0 Å². The van der Waals surface area contributed by atoms with Crippen LogP contribution in [-0.4, -0.2) is 87.8 Å². The molecule has 1 heterocycles. The lowest BCUT2D eigenvalue weighted by molar-refractivity contribution is -0.454. The molecule has 0 spiro atoms. The highest BCUT2D eigenvalue weighted by molar-refractivity contribution is 5.96. The minimum Gasteiger partial charge on any atom is -0.475 e. The largest absolute Gasteiger partial charge is 0.573 e. The van der Waals surface area contributed by atoms with Crippen molar-refractivity contribution in [3.05, 3.63) is 28.8 Å². The molecule has 0 amide bonds. The van der Waals surface area contributed by atoms with E-state index in [1.165, 1.54) is 5.64 Å². The van der Waals surface area contributed by atoms with Gasteiger partial charge in [-0.05, 0) is 18.2 Å². The number of alkyl halides is 6. The van der Waals surface area contributed by atoms with E-state index in [4.69, 9.17) is 9.94 Å². The number of esters is 1. The molecule has 2 rings (SSSR count). The van der Waals surface area contributed by atoms with Crippen molar-refractivity contribution in [2.24, 2.45) is 0 Å². The third kappa shape index (κ3) is 8.33. The van der Waals surface area contributed by atoms with Gasteiger partial charge in [0, 0.05) is 5.56 Å². The number of carbonyl (C=O) groups excluding carboxylic acids is 1. The monoisotopic (exact) mass is 586 g/mol. The summed E-state index contributed by atoms with van der Waals surface area (Å²) in [6.45, 7) is -1.38. The number of hydrogen-bond donors (Lipinski definition) is 8. The highest BCUT2D eigenvalue weighted by Gasteiger charge is 2.54. The topological polar surface area (TPSA) is 218 Å². The molecular weight excluding hydrogens is 566 g/mol. The number of benzene rings is 1. The maximum atomic E-state index is 13.9. The van der Waals surface area contributed by atoms with E-state index in [9.17, 15) is 56.7 Å². The third-order valence-corrected chi connectivity index (χ3v) is 4.55. The number of halogens is 6. The Bertz CT molecular complexity index is 1040. The smallest absolute Gasteiger partial charge is 0.475 e. The summed E-state index contributed by atoms with van der Waals surface area (Å²) >= 11 is 0. The van der Waals surface area contributed by atoms with E-state index in [1.807, 2.05) is 5.64 Å². The molecule has 0 bridgehead atoms. The van der Waals surface area contributed by atoms with Crippen LogP contribution in [0.3, 0.4) is 0 Å². The normalized spacial score (nSPS) is 17.2. The lowest BCUT2D eigenvalue weighted by atomic mass is 9.94. The maximum Gasteiger partial charge on any atom is 0.573 e. The Hall–Kier alpha value is -2.83. The number of fused-ring (bicyclic) bond motifs is 1. The lowest BCUT2D eigenvalue weighted by Crippen LogP contribution is -2.52. The first-order valence-corrected chi connectivity index (χ1v) is 9.94. The van der Waals surface area contributed by atoms with Crippen LogP contribution in [0.1, 0.15) is 11.1 Å². The van der Waals surface area contributed by atoms with Gasteiger partial charge in [0.2, 0.25) is 6.10 Å². The highest BCUT2D eigenvalue weighted by Crippen LogP contribution is 2.46. The summed E-state index contributed by atoms with van der Waals surface area (Å²) in [4.78, 5) is 26.1. The van der Waals surface area contributed by atoms with E-state index in [2.05, 4.69) is 24.0 Å². The number of nitrogens with one attached hydrogen (secondary N) is 2. The Labute approximate surface area is 212 Å². The number of aliphatic hydroxyl groups is 5. The van der Waals surface area contributed by atoms with Crippen molar-refractivity contribution in [1.29, 1.82) is 0 Å². The summed E-state index contributed by atoms with van der Waals surface area (Å²) in [5, 5.41) is 56.3. The predicted molar refractivity (Wildman–Crippen MR) is 104 cm³/mol. The molecule has 1 aromatic rings. The number of rotatable bonds is 12. The molecule has 1 aliphatic rings. The first-order valence-electron chi connectivity index (χ1n) is 9.94. The molecule has 0 radical (unpaired) electrons. The summed E-state index contributed by atoms with van der Waals surface area (Å²) in [5.41, 5.74) is -0.899. The van der Waals surface area contributed by atoms with Crippen LogP contribution in [0.5, 0.6) is 11.5 Å². The summed E-state index contributed by atoms with van der Waals surface area (Å²) in [6.07, 6.45) is -15.5. The molecular formula is C18H20F6N2O13. The van der Waals surface area contributed by atoms with Gasteiger partial charge in [-0.3, -0.25) is 19.7 Å². The molecule has 0 fully saturated rings. The van der Waals surface area contributed by atoms with Crippen LogP contribution in [0.15, 0.2) is 17.7 Å². The van der Waals surface area contributed by atoms with Crippen molar-refractivity contribution in [1.82, 2.24) is 11.3 Å². The van der Waals surface area contributed by atoms with Gasteiger partial charge in [0.15, 0.2) is 6.10 Å². The number of ether oxygens (including phenoxy) is 3. The molecule has 0 saturated heterocycles. The van der Waals surface area contributed by atoms with E-state index in [0.29, 0.717) is 6.07 Å². The Morgan fingerprint density at radius 3 is 2.18 bits per heavy atom. The average molecular weight is 586 g/mol. The first-order chi connectivity index (χ1) is 17.8. The first kappa shape index (κ1) is 32.4. The average Bonchev–Trinajstić information content (AvgIpc) is 2.78. The molecule has 1 aliphatic heterocycles. The maximum absolute atomic E-state index is 13.9. The van der Waals surface area contributed by atoms with Crippen LogP contribution in [0.2, 0.25) is 0 Å². The third-order valence-electron chi connectivity index (χ3n) is 4.55. The second-order valence-electron chi connectivity index (χ2n) is 7.41. The second kappa shape index (κ2) is 12.1. The van der Waals surface area contributed by atoms with Crippen molar-refractivity contribution in [2.75, 3.05) is 20.3 Å². The van der Waals surface area contributed by atoms with Crippen LogP contribution in [0.25, 0.3) is 6.08 Å². The zero-order valence-electron chi connectivity index (χ0n) is 19.1. The summed E-state index contributed by atoms with van der Waals surface area (Å²) in [5.74, 6) is -13.4. The van der Waals surface area contributed by atoms with Crippen LogP contribution >= 0.6 is 0 Å². The van der Waals surface area contributed by atoms with Crippen LogP contribution in [0.4, 0.5) is 26.3 Å². The molecule has 8 N–H and O–H groups in total. The molecule has 15 nitrogen and oxygen atoms in total. The van der Waals surface area contributed by atoms with Crippen molar-refractivity contribution < 1.29 is 90.6 Å². The fraction of sp³-hybridized carbons (Fsp3) is 0.500. The molecule has 21 heteroatoms. The lowest BCUT2D eigenvalue weighted by Gasteiger charge is -2.35. The van der Waals surface area contributed by atoms with Crippen molar-refractivity contribution >= 4 is 12.0 Å². The fourth-order valence-corrected chi connectivity index (χ4v) is 2.98. The van der Waals surface area contributed by atoms with Gasteiger partial charge in [-0.1, -0.05) is 11.3 Å². The van der Waals surface area contributed by atoms with Gasteiger partial charge in [0.1, 0.15) is 24.7 Å². The fourth-order valence-electron chi connectivity index (χ4n) is 2.98. The second-order valence-corrected chi connectivity index (χ2v) is 7.41. The Morgan fingerprint density at radius 1 is 1.05 bits per heavy atom. The van der Waals surface area contributed by atoms with Gasteiger partial charge < -0.3 is 39.7 Å². The molecule has 2 unspecified atom stereocenters. The van der Waals surface area contributed by atoms with E-state index in [1.54, 1.807) is 0 Å². The van der Waals surface area contributed by atoms with Gasteiger partial charge in [-0.2, -0.15) is 13.2 Å². The Morgan fingerprint density at radius 2 is 1.67 bits per heavy atom. The molecule has 0 aromatic heterocycles. The van der Waals surface area contributed by atoms with E-state index < -0.39 is 83.9 Å². The molecule has 0 saturated carbocycles. The van der Waals surface area contributed by atoms with Crippen LogP contribution in [0, 0.1) is 0 Å². The van der Waals surface area contributed by atoms with E-state index in [-0.39, 0.29) is 12.1 Å². The molecule has 2 atom stereocenters. The molecule has 222 valence electrons. The zero-order valence-corrected chi connectivity index (χ0v) is 19.1. The quantitative estimate of drug-likeness (QED) is 0.0483. The molecule has 1 aromatic carbocycles. The minimum atomic E-state index is -5.48. The van der Waals surface area contributed by atoms with Gasteiger partial charge in [0.25, 0.3) is 5.79 Å². The standard InChI is InChI=1S/C18H20F6N2O13/c1-34-26-36-6-9(5-35-25-33)37-14(27)10-3-7-2-8(39-18(22,23)24)4-11(15(28,29)17(30,31)32)12(7)38-13(10)16(19,20)21/h2-4,9,13,25-26,28-33H,5-6H2,1H3. The number of carbonyl (C=O) groups is 1. The SMILES string of the molecule is CONOCC(CONO)OC(=O)C1=Cc2cc(OC(F)(F)F)cc(C(O)(O)C(O)(O)O)c2OC1C(F)(F)F. The summed E-state index contributed by atoms with van der Waals surface area (Å²) in [7, 11) is 1.11. The molecule has 0 aliphatic carbocycles. The van der Waals surface area contributed by atoms with Gasteiger partial charge in [-0.25, -0.2) is 4.79 Å². The predicted octanol–water partition coefficient (Wildman–Crippen LogP) is -1.04. The highest BCUT2D eigenvalue weighted by atomic mass is 19.4. The van der Waals surface area contributed by atoms with Gasteiger partial charge in [-0.15, -0.1) is 13.2 Å². The van der Waals surface area contributed by atoms with Gasteiger partial charge in [0.05, 0.1) is 18.2 Å². The van der Waals surface area contributed by atoms with Crippen LogP contribution < -0.4 is 20.8 Å². The summed E-state index contributed by atoms with van der Waals surface area (Å²) < 4.78 is 93.1. The number of hydrogen-bond acceptors (Lipinski definition) is 15. The van der Waals surface area contributed by atoms with Crippen LogP contribution in [-0.2, 0) is 29.8 Å². The Balaban J connectivity index is 2.65. The van der Waals surface area contributed by atoms with Gasteiger partial charge >= 0.3 is 24.5 Å². The van der Waals surface area contributed by atoms with Crippen molar-refractivity contribution in [3.8, 4) is 11.5 Å². The van der Waals surface area contributed by atoms with E-state index >= 15 is 0 Å².